The van der Waals surface area contributed by atoms with Crippen molar-refractivity contribution >= 4 is 27.5 Å². The first-order chi connectivity index (χ1) is 8.99. The fourth-order valence-electron chi connectivity index (χ4n) is 1.96. The van der Waals surface area contributed by atoms with Gasteiger partial charge in [0.1, 0.15) is 0 Å². The standard InChI is InChI=1S/C12H18N2O3S2/c13-11-3-1-2-4-12(11)18-7-8-19(16,17)14-6-5-10(15)9-14/h1-4,10,15H,5-9,13H2. The zero-order valence-corrected chi connectivity index (χ0v) is 12.2. The Morgan fingerprint density at radius 2 is 2.16 bits per heavy atom. The second-order valence-electron chi connectivity index (χ2n) is 4.50. The summed E-state index contributed by atoms with van der Waals surface area (Å²) in [4.78, 5) is 0.902. The summed E-state index contributed by atoms with van der Waals surface area (Å²) in [6.45, 7) is 0.641. The quantitative estimate of drug-likeness (QED) is 0.619. The number of hydrogen-bond acceptors (Lipinski definition) is 5. The molecule has 106 valence electrons. The van der Waals surface area contributed by atoms with Gasteiger partial charge in [0.25, 0.3) is 0 Å². The van der Waals surface area contributed by atoms with Gasteiger partial charge in [-0.25, -0.2) is 8.42 Å². The van der Waals surface area contributed by atoms with Gasteiger partial charge in [-0.1, -0.05) is 12.1 Å². The number of aliphatic hydroxyl groups excluding tert-OH is 1. The normalized spacial score (nSPS) is 20.8. The molecule has 1 unspecified atom stereocenters. The summed E-state index contributed by atoms with van der Waals surface area (Å²) in [6.07, 6.45) is 0.00468. The van der Waals surface area contributed by atoms with Gasteiger partial charge in [0.15, 0.2) is 0 Å². The van der Waals surface area contributed by atoms with E-state index in [1.807, 2.05) is 18.2 Å². The average Bonchev–Trinajstić information content (AvgIpc) is 2.79. The van der Waals surface area contributed by atoms with Crippen LogP contribution < -0.4 is 5.73 Å². The summed E-state index contributed by atoms with van der Waals surface area (Å²) in [5.41, 5.74) is 6.47. The molecule has 0 bridgehead atoms. The molecule has 1 aliphatic rings. The van der Waals surface area contributed by atoms with Gasteiger partial charge in [0.2, 0.25) is 10.0 Å². The van der Waals surface area contributed by atoms with Crippen LogP contribution in [0.5, 0.6) is 0 Å². The van der Waals surface area contributed by atoms with Crippen molar-refractivity contribution < 1.29 is 13.5 Å². The number of hydrogen-bond donors (Lipinski definition) is 2. The molecule has 1 saturated heterocycles. The lowest BCUT2D eigenvalue weighted by molar-refractivity contribution is 0.189. The highest BCUT2D eigenvalue weighted by molar-refractivity contribution is 8.00. The van der Waals surface area contributed by atoms with Crippen LogP contribution in [0.3, 0.4) is 0 Å². The van der Waals surface area contributed by atoms with E-state index in [2.05, 4.69) is 0 Å². The molecule has 0 amide bonds. The van der Waals surface area contributed by atoms with E-state index in [9.17, 15) is 13.5 Å². The summed E-state index contributed by atoms with van der Waals surface area (Å²) in [5.74, 6) is 0.530. The number of sulfonamides is 1. The molecule has 1 aromatic carbocycles. The smallest absolute Gasteiger partial charge is 0.215 e. The number of nitrogens with zero attached hydrogens (tertiary/aromatic N) is 1. The van der Waals surface area contributed by atoms with Gasteiger partial charge in [-0.3, -0.25) is 0 Å². The molecule has 7 heteroatoms. The summed E-state index contributed by atoms with van der Waals surface area (Å²) >= 11 is 1.44. The molecule has 0 radical (unpaired) electrons. The van der Waals surface area contributed by atoms with Crippen LogP contribution in [0.1, 0.15) is 6.42 Å². The second-order valence-corrected chi connectivity index (χ2v) is 7.73. The van der Waals surface area contributed by atoms with Gasteiger partial charge < -0.3 is 10.8 Å². The molecule has 0 spiro atoms. The van der Waals surface area contributed by atoms with Gasteiger partial charge >= 0.3 is 0 Å². The van der Waals surface area contributed by atoms with Crippen LogP contribution in [0.4, 0.5) is 5.69 Å². The molecule has 1 aliphatic heterocycles. The Hall–Kier alpha value is -0.760. The van der Waals surface area contributed by atoms with E-state index in [0.717, 1.165) is 4.90 Å². The molecule has 1 atom stereocenters. The van der Waals surface area contributed by atoms with E-state index in [4.69, 9.17) is 5.73 Å². The van der Waals surface area contributed by atoms with Crippen LogP contribution >= 0.6 is 11.8 Å². The second kappa shape index (κ2) is 6.13. The van der Waals surface area contributed by atoms with Gasteiger partial charge in [0, 0.05) is 29.4 Å². The van der Waals surface area contributed by atoms with Crippen molar-refractivity contribution in [3.8, 4) is 0 Å². The van der Waals surface area contributed by atoms with Crippen molar-refractivity contribution in [3.63, 3.8) is 0 Å². The third-order valence-electron chi connectivity index (χ3n) is 3.04. The van der Waals surface area contributed by atoms with Crippen LogP contribution in [0.25, 0.3) is 0 Å². The first-order valence-electron chi connectivity index (χ1n) is 6.12. The summed E-state index contributed by atoms with van der Waals surface area (Å²) in [6, 6.07) is 7.41. The van der Waals surface area contributed by atoms with Crippen LogP contribution in [0, 0.1) is 0 Å². The van der Waals surface area contributed by atoms with E-state index in [-0.39, 0.29) is 12.3 Å². The number of para-hydroxylation sites is 1. The topological polar surface area (TPSA) is 83.6 Å². The fraction of sp³-hybridized carbons (Fsp3) is 0.500. The van der Waals surface area contributed by atoms with Crippen LogP contribution in [0.2, 0.25) is 0 Å². The highest BCUT2D eigenvalue weighted by atomic mass is 32.2. The Bertz CT molecular complexity index is 534. The van der Waals surface area contributed by atoms with E-state index in [0.29, 0.717) is 24.4 Å². The van der Waals surface area contributed by atoms with Gasteiger partial charge in [-0.05, 0) is 18.6 Å². The minimum atomic E-state index is -3.26. The molecule has 3 N–H and O–H groups in total. The number of rotatable bonds is 5. The molecule has 0 saturated carbocycles. The molecule has 19 heavy (non-hydrogen) atoms. The predicted octanol–water partition coefficient (Wildman–Crippen LogP) is 0.757. The van der Waals surface area contributed by atoms with Crippen molar-refractivity contribution in [2.24, 2.45) is 0 Å². The molecule has 5 nitrogen and oxygen atoms in total. The van der Waals surface area contributed by atoms with Gasteiger partial charge in [-0.2, -0.15) is 4.31 Å². The third-order valence-corrected chi connectivity index (χ3v) is 6.23. The summed E-state index contributed by atoms with van der Waals surface area (Å²) in [7, 11) is -3.26. The van der Waals surface area contributed by atoms with Crippen LogP contribution in [-0.2, 0) is 10.0 Å². The predicted molar refractivity (Wildman–Crippen MR) is 77.6 cm³/mol. The van der Waals surface area contributed by atoms with E-state index < -0.39 is 16.1 Å². The number of nitrogens with two attached hydrogens (primary N) is 1. The average molecular weight is 302 g/mol. The molecule has 2 rings (SSSR count). The molecule has 0 aromatic heterocycles. The number of β-amino-alcohol motifs (C(OH)–C–C–N with tert-alkyl or cyclic N) is 1. The maximum absolute atomic E-state index is 12.0. The lowest BCUT2D eigenvalue weighted by atomic mass is 10.3. The Morgan fingerprint density at radius 1 is 1.42 bits per heavy atom. The Morgan fingerprint density at radius 3 is 2.79 bits per heavy atom. The van der Waals surface area contributed by atoms with Gasteiger partial charge in [0.05, 0.1) is 11.9 Å². The third kappa shape index (κ3) is 3.85. The molecule has 1 fully saturated rings. The first-order valence-corrected chi connectivity index (χ1v) is 8.72. The van der Waals surface area contributed by atoms with Crippen molar-refractivity contribution in [3.05, 3.63) is 24.3 Å². The number of aliphatic hydroxyl groups is 1. The lowest BCUT2D eigenvalue weighted by Gasteiger charge is -2.15. The fourth-order valence-corrected chi connectivity index (χ4v) is 4.81. The highest BCUT2D eigenvalue weighted by Crippen LogP contribution is 2.25. The SMILES string of the molecule is Nc1ccccc1SCCS(=O)(=O)N1CCC(O)C1. The van der Waals surface area contributed by atoms with E-state index in [1.54, 1.807) is 6.07 Å². The first kappa shape index (κ1) is 14.6. The Balaban J connectivity index is 1.87. The number of nitrogen functional groups attached to an aromatic ring is 1. The van der Waals surface area contributed by atoms with Gasteiger partial charge in [-0.15, -0.1) is 11.8 Å². The van der Waals surface area contributed by atoms with Crippen molar-refractivity contribution in [1.29, 1.82) is 0 Å². The lowest BCUT2D eigenvalue weighted by Crippen LogP contribution is -2.32. The summed E-state index contributed by atoms with van der Waals surface area (Å²) in [5, 5.41) is 9.37. The number of benzene rings is 1. The number of thioether (sulfide) groups is 1. The van der Waals surface area contributed by atoms with Crippen molar-refractivity contribution in [2.75, 3.05) is 30.3 Å². The van der Waals surface area contributed by atoms with Crippen LogP contribution in [-0.4, -0.2) is 48.5 Å². The zero-order chi connectivity index (χ0) is 13.9. The van der Waals surface area contributed by atoms with E-state index >= 15 is 0 Å². The van der Waals surface area contributed by atoms with Crippen LogP contribution in [0.15, 0.2) is 29.2 Å². The molecular weight excluding hydrogens is 284 g/mol. The maximum atomic E-state index is 12.0. The molecule has 1 heterocycles. The van der Waals surface area contributed by atoms with Crippen molar-refractivity contribution in [2.45, 2.75) is 17.4 Å². The zero-order valence-electron chi connectivity index (χ0n) is 10.5. The minimum Gasteiger partial charge on any atom is -0.398 e. The number of anilines is 1. The molecule has 0 aliphatic carbocycles. The highest BCUT2D eigenvalue weighted by Gasteiger charge is 2.29. The molecule has 1 aromatic rings. The largest absolute Gasteiger partial charge is 0.398 e. The Kier molecular flexibility index (Phi) is 4.72. The van der Waals surface area contributed by atoms with E-state index in [1.165, 1.54) is 16.1 Å². The van der Waals surface area contributed by atoms with Crippen molar-refractivity contribution in [1.82, 2.24) is 4.31 Å². The minimum absolute atomic E-state index is 0.0682. The summed E-state index contributed by atoms with van der Waals surface area (Å²) < 4.78 is 25.4. The molecular formula is C12H18N2O3S2. The monoisotopic (exact) mass is 302 g/mol. The maximum Gasteiger partial charge on any atom is 0.215 e. The Labute approximate surface area is 117 Å².